The van der Waals surface area contributed by atoms with Crippen LogP contribution in [-0.2, 0) is 23.9 Å². The number of hydrogen-bond donors (Lipinski definition) is 2. The zero-order valence-electron chi connectivity index (χ0n) is 17.1. The maximum atomic E-state index is 12.9. The maximum Gasteiger partial charge on any atom is 0.358 e. The summed E-state index contributed by atoms with van der Waals surface area (Å²) < 4.78 is 10.2. The highest BCUT2D eigenvalue weighted by Gasteiger charge is 2.57. The fourth-order valence-electron chi connectivity index (χ4n) is 3.64. The molecule has 2 aliphatic heterocycles. The predicted octanol–water partition coefficient (Wildman–Crippen LogP) is 1.79. The molecular formula is C20H24N2O6S2. The van der Waals surface area contributed by atoms with Crippen LogP contribution in [0.5, 0.6) is 0 Å². The smallest absolute Gasteiger partial charge is 0.358 e. The number of ether oxygens (including phenoxy) is 2. The molecule has 2 aliphatic rings. The lowest BCUT2D eigenvalue weighted by molar-refractivity contribution is -0.175. The Hall–Kier alpha value is -2.30. The summed E-state index contributed by atoms with van der Waals surface area (Å²) in [4.78, 5) is 38.9. The molecule has 30 heavy (non-hydrogen) atoms. The number of rotatable bonds is 6. The van der Waals surface area contributed by atoms with Gasteiger partial charge >= 0.3 is 11.9 Å². The summed E-state index contributed by atoms with van der Waals surface area (Å²) in [6.45, 7) is 6.03. The molecule has 0 bridgehead atoms. The van der Waals surface area contributed by atoms with Crippen LogP contribution in [0.15, 0.2) is 16.5 Å². The van der Waals surface area contributed by atoms with Crippen LogP contribution < -0.4 is 5.73 Å². The molecule has 1 saturated heterocycles. The van der Waals surface area contributed by atoms with Gasteiger partial charge in [0.2, 0.25) is 12.7 Å². The lowest BCUT2D eigenvalue weighted by Gasteiger charge is -2.44. The maximum absolute atomic E-state index is 12.9. The molecule has 0 aliphatic carbocycles. The van der Waals surface area contributed by atoms with E-state index >= 15 is 0 Å². The van der Waals surface area contributed by atoms with Crippen LogP contribution in [0.4, 0.5) is 0 Å². The van der Waals surface area contributed by atoms with Crippen molar-refractivity contribution in [2.75, 3.05) is 6.79 Å². The van der Waals surface area contributed by atoms with E-state index in [1.54, 1.807) is 33.1 Å². The van der Waals surface area contributed by atoms with Crippen LogP contribution in [0.1, 0.15) is 45.2 Å². The Morgan fingerprint density at radius 2 is 2.03 bits per heavy atom. The fourth-order valence-corrected chi connectivity index (χ4v) is 4.75. The summed E-state index contributed by atoms with van der Waals surface area (Å²) in [5.41, 5.74) is 7.00. The molecule has 0 spiro atoms. The second-order valence-electron chi connectivity index (χ2n) is 8.37. The number of carbonyl (C=O) groups excluding carboxylic acids is 3. The number of aliphatic hydroxyl groups excluding tert-OH is 1. The minimum absolute atomic E-state index is 0.0737. The summed E-state index contributed by atoms with van der Waals surface area (Å²) in [7, 11) is 0. The number of hydrogen-bond acceptors (Lipinski definition) is 8. The molecule has 162 valence electrons. The molecule has 3 unspecified atom stereocenters. The zero-order valence-corrected chi connectivity index (χ0v) is 18.8. The van der Waals surface area contributed by atoms with Gasteiger partial charge in [-0.05, 0) is 45.1 Å². The third kappa shape index (κ3) is 3.86. The van der Waals surface area contributed by atoms with Gasteiger partial charge in [0.05, 0.1) is 23.5 Å². The van der Waals surface area contributed by atoms with Crippen molar-refractivity contribution in [3.05, 3.63) is 27.6 Å². The lowest BCUT2D eigenvalue weighted by Crippen LogP contribution is -2.61. The predicted molar refractivity (Wildman–Crippen MR) is 114 cm³/mol. The average Bonchev–Trinajstić information content (AvgIpc) is 3.22. The minimum atomic E-state index is -0.847. The third-order valence-electron chi connectivity index (χ3n) is 5.17. The van der Waals surface area contributed by atoms with Crippen molar-refractivity contribution in [3.63, 3.8) is 0 Å². The SMILES string of the molecule is CC(O)C1C(=O)N2C(C(=O)OCOC(=O)C(C)(C)C)=C(c3cscc3C(N)=S)CC12. The fraction of sp³-hybridized carbons (Fsp3) is 0.500. The summed E-state index contributed by atoms with van der Waals surface area (Å²) in [5.74, 6) is -2.25. The minimum Gasteiger partial charge on any atom is -0.427 e. The Labute approximate surface area is 183 Å². The molecule has 3 N–H and O–H groups in total. The van der Waals surface area contributed by atoms with Gasteiger partial charge in [-0.2, -0.15) is 11.3 Å². The highest BCUT2D eigenvalue weighted by atomic mass is 32.1. The average molecular weight is 453 g/mol. The van der Waals surface area contributed by atoms with Crippen molar-refractivity contribution in [2.24, 2.45) is 17.1 Å². The van der Waals surface area contributed by atoms with Gasteiger partial charge in [-0.3, -0.25) is 9.59 Å². The Bertz CT molecular complexity index is 943. The Morgan fingerprint density at radius 1 is 1.37 bits per heavy atom. The van der Waals surface area contributed by atoms with Crippen molar-refractivity contribution >= 4 is 52.0 Å². The quantitative estimate of drug-likeness (QED) is 0.290. The number of thiocarbonyl (C=S) groups is 1. The Kier molecular flexibility index (Phi) is 6.03. The summed E-state index contributed by atoms with van der Waals surface area (Å²) in [6, 6.07) is -0.355. The van der Waals surface area contributed by atoms with Gasteiger partial charge < -0.3 is 25.2 Å². The largest absolute Gasteiger partial charge is 0.427 e. The van der Waals surface area contributed by atoms with Crippen molar-refractivity contribution in [2.45, 2.75) is 46.3 Å². The van der Waals surface area contributed by atoms with Gasteiger partial charge in [0.1, 0.15) is 10.7 Å². The van der Waals surface area contributed by atoms with Gasteiger partial charge in [-0.15, -0.1) is 0 Å². The first-order valence-corrected chi connectivity index (χ1v) is 10.7. The van der Waals surface area contributed by atoms with Gasteiger partial charge in [-0.25, -0.2) is 4.79 Å². The summed E-state index contributed by atoms with van der Waals surface area (Å²) >= 11 is 6.48. The molecule has 3 rings (SSSR count). The van der Waals surface area contributed by atoms with Gasteiger partial charge in [-0.1, -0.05) is 12.2 Å². The van der Waals surface area contributed by atoms with Crippen molar-refractivity contribution in [1.82, 2.24) is 4.90 Å². The standard InChI is InChI=1S/C20H24N2O6S2/c1-9(23)14-13-5-10(11-6-30-7-12(11)16(21)29)15(22(13)17(14)24)18(25)27-8-28-19(26)20(2,3)4/h6-7,9,13-14,23H,5,8H2,1-4H3,(H2,21,29). The molecule has 1 amide bonds. The number of amides is 1. The first-order chi connectivity index (χ1) is 13.9. The van der Waals surface area contributed by atoms with Crippen LogP contribution in [0.2, 0.25) is 0 Å². The highest BCUT2D eigenvalue weighted by molar-refractivity contribution is 7.80. The number of aliphatic hydroxyl groups is 1. The molecule has 3 heterocycles. The number of thiophene rings is 1. The van der Waals surface area contributed by atoms with E-state index in [0.717, 1.165) is 0 Å². The number of carbonyl (C=O) groups is 3. The van der Waals surface area contributed by atoms with Crippen molar-refractivity contribution < 1.29 is 29.0 Å². The number of β-lactam (4-membered cyclic amide) rings is 1. The molecule has 1 fully saturated rings. The van der Waals surface area contributed by atoms with E-state index in [1.165, 1.54) is 16.2 Å². The number of esters is 2. The lowest BCUT2D eigenvalue weighted by atomic mass is 9.82. The van der Waals surface area contributed by atoms with E-state index in [1.807, 2.05) is 5.38 Å². The van der Waals surface area contributed by atoms with Crippen LogP contribution in [0.25, 0.3) is 5.57 Å². The monoisotopic (exact) mass is 452 g/mol. The third-order valence-corrected chi connectivity index (χ3v) is 6.13. The van der Waals surface area contributed by atoms with Gasteiger partial charge in [0.15, 0.2) is 0 Å². The summed E-state index contributed by atoms with van der Waals surface area (Å²) in [5, 5.41) is 13.6. The second kappa shape index (κ2) is 8.09. The molecule has 1 aromatic heterocycles. The Morgan fingerprint density at radius 3 is 2.60 bits per heavy atom. The van der Waals surface area contributed by atoms with Gasteiger partial charge in [0.25, 0.3) is 0 Å². The molecule has 0 radical (unpaired) electrons. The van der Waals surface area contributed by atoms with E-state index < -0.39 is 36.2 Å². The van der Waals surface area contributed by atoms with Crippen LogP contribution in [0, 0.1) is 11.3 Å². The first kappa shape index (κ1) is 22.4. The van der Waals surface area contributed by atoms with E-state index in [-0.39, 0.29) is 22.6 Å². The Balaban J connectivity index is 1.89. The normalized spacial score (nSPS) is 21.8. The molecule has 1 aromatic rings. The molecule has 3 atom stereocenters. The van der Waals surface area contributed by atoms with Crippen molar-refractivity contribution in [3.8, 4) is 0 Å². The zero-order chi connectivity index (χ0) is 22.4. The second-order valence-corrected chi connectivity index (χ2v) is 9.55. The summed E-state index contributed by atoms with van der Waals surface area (Å²) in [6.07, 6.45) is -0.486. The van der Waals surface area contributed by atoms with Crippen LogP contribution in [-0.4, -0.2) is 51.8 Å². The van der Waals surface area contributed by atoms with Crippen LogP contribution >= 0.6 is 23.6 Å². The van der Waals surface area contributed by atoms with E-state index in [2.05, 4.69) is 0 Å². The van der Waals surface area contributed by atoms with E-state index in [9.17, 15) is 19.5 Å². The molecule has 8 nitrogen and oxygen atoms in total. The highest BCUT2D eigenvalue weighted by Crippen LogP contribution is 2.48. The topological polar surface area (TPSA) is 119 Å². The molecular weight excluding hydrogens is 428 g/mol. The van der Waals surface area contributed by atoms with Gasteiger partial charge in [0, 0.05) is 16.5 Å². The van der Waals surface area contributed by atoms with E-state index in [0.29, 0.717) is 23.1 Å². The molecule has 0 saturated carbocycles. The number of nitrogens with zero attached hydrogens (tertiary/aromatic N) is 1. The first-order valence-electron chi connectivity index (χ1n) is 9.40. The molecule has 10 heteroatoms. The number of nitrogens with two attached hydrogens (primary N) is 1. The van der Waals surface area contributed by atoms with E-state index in [4.69, 9.17) is 27.4 Å². The van der Waals surface area contributed by atoms with Crippen LogP contribution in [0.3, 0.4) is 0 Å². The van der Waals surface area contributed by atoms with Crippen molar-refractivity contribution in [1.29, 1.82) is 0 Å². The molecule has 0 aromatic carbocycles. The number of fused-ring (bicyclic) bond motifs is 1.